The van der Waals surface area contributed by atoms with Crippen LogP contribution in [0, 0.1) is 5.82 Å². The van der Waals surface area contributed by atoms with E-state index in [1.807, 2.05) is 6.07 Å². The maximum Gasteiger partial charge on any atom is 0.165 e. The van der Waals surface area contributed by atoms with Crippen molar-refractivity contribution in [2.75, 3.05) is 26.9 Å². The first-order valence-electron chi connectivity index (χ1n) is 4.96. The Morgan fingerprint density at radius 2 is 2.31 bits per heavy atom. The van der Waals surface area contributed by atoms with Crippen molar-refractivity contribution in [2.45, 2.75) is 6.04 Å². The quantitative estimate of drug-likeness (QED) is 0.866. The van der Waals surface area contributed by atoms with E-state index < -0.39 is 0 Å². The lowest BCUT2D eigenvalue weighted by molar-refractivity contribution is 0.0767. The summed E-state index contributed by atoms with van der Waals surface area (Å²) < 4.78 is 23.6. The number of hydrogen-bond donors (Lipinski definition) is 1. The van der Waals surface area contributed by atoms with Gasteiger partial charge in [0.1, 0.15) is 0 Å². The number of ether oxygens (including phenoxy) is 2. The largest absolute Gasteiger partial charge is 0.494 e. The summed E-state index contributed by atoms with van der Waals surface area (Å²) in [6.07, 6.45) is 0. The van der Waals surface area contributed by atoms with Crippen molar-refractivity contribution in [3.63, 3.8) is 0 Å². The second kappa shape index (κ2) is 6.03. The Hall–Kier alpha value is -0.840. The summed E-state index contributed by atoms with van der Waals surface area (Å²) in [5.41, 5.74) is 0.896. The van der Waals surface area contributed by atoms with Crippen LogP contribution in [0.15, 0.2) is 18.2 Å². The molecule has 0 bridgehead atoms. The third kappa shape index (κ3) is 2.84. The first-order chi connectivity index (χ1) is 7.31. The molecular weight excluding hydrogens is 233 g/mol. The van der Waals surface area contributed by atoms with E-state index in [1.165, 1.54) is 13.2 Å². The van der Waals surface area contributed by atoms with E-state index in [0.717, 1.165) is 18.7 Å². The summed E-state index contributed by atoms with van der Waals surface area (Å²) in [6, 6.07) is 5.07. The van der Waals surface area contributed by atoms with Crippen LogP contribution in [-0.2, 0) is 4.74 Å². The molecule has 0 unspecified atom stereocenters. The summed E-state index contributed by atoms with van der Waals surface area (Å²) in [5.74, 6) is -0.0575. The molecular formula is C11H15ClFNO2. The molecule has 0 radical (unpaired) electrons. The van der Waals surface area contributed by atoms with Gasteiger partial charge in [-0.2, -0.15) is 0 Å². The van der Waals surface area contributed by atoms with E-state index in [4.69, 9.17) is 9.47 Å². The summed E-state index contributed by atoms with van der Waals surface area (Å²) in [6.45, 7) is 2.11. The number of morpholine rings is 1. The van der Waals surface area contributed by atoms with Crippen molar-refractivity contribution in [1.82, 2.24) is 5.32 Å². The molecule has 1 fully saturated rings. The molecule has 1 aliphatic rings. The van der Waals surface area contributed by atoms with Gasteiger partial charge >= 0.3 is 0 Å². The predicted molar refractivity (Wildman–Crippen MR) is 61.8 cm³/mol. The summed E-state index contributed by atoms with van der Waals surface area (Å²) in [5, 5.41) is 3.27. The van der Waals surface area contributed by atoms with Crippen LogP contribution in [0.25, 0.3) is 0 Å². The molecule has 0 spiro atoms. The minimum atomic E-state index is -0.331. The van der Waals surface area contributed by atoms with E-state index in [2.05, 4.69) is 5.32 Å². The molecule has 0 amide bonds. The Kier molecular flexibility index (Phi) is 4.99. The minimum absolute atomic E-state index is 0. The Labute approximate surface area is 100 Å². The lowest BCUT2D eigenvalue weighted by atomic mass is 10.1. The molecule has 3 nitrogen and oxygen atoms in total. The Morgan fingerprint density at radius 1 is 1.50 bits per heavy atom. The number of methoxy groups -OCH3 is 1. The Bertz CT molecular complexity index is 343. The average molecular weight is 248 g/mol. The Balaban J connectivity index is 0.00000128. The third-order valence-corrected chi connectivity index (χ3v) is 2.50. The molecule has 1 saturated heterocycles. The second-order valence-corrected chi connectivity index (χ2v) is 3.48. The zero-order valence-electron chi connectivity index (χ0n) is 9.03. The average Bonchev–Trinajstić information content (AvgIpc) is 2.30. The maximum atomic E-state index is 13.4. The van der Waals surface area contributed by atoms with Gasteiger partial charge in [-0.15, -0.1) is 12.4 Å². The van der Waals surface area contributed by atoms with Crippen molar-refractivity contribution < 1.29 is 13.9 Å². The predicted octanol–water partition coefficient (Wildman–Crippen LogP) is 1.92. The van der Waals surface area contributed by atoms with Crippen molar-refractivity contribution in [2.24, 2.45) is 0 Å². The molecule has 1 heterocycles. The Morgan fingerprint density at radius 3 is 2.88 bits per heavy atom. The van der Waals surface area contributed by atoms with Crippen LogP contribution in [0.4, 0.5) is 4.39 Å². The standard InChI is InChI=1S/C11H14FNO2.ClH/c1-14-11-3-2-8(6-9(11)12)10-7-15-5-4-13-10;/h2-3,6,10,13H,4-5,7H2,1H3;1H/t10-;/m1./s1. The molecule has 90 valence electrons. The van der Waals surface area contributed by atoms with Gasteiger partial charge in [-0.05, 0) is 17.7 Å². The molecule has 0 saturated carbocycles. The lowest BCUT2D eigenvalue weighted by Gasteiger charge is -2.24. The topological polar surface area (TPSA) is 30.5 Å². The van der Waals surface area contributed by atoms with Crippen LogP contribution >= 0.6 is 12.4 Å². The highest BCUT2D eigenvalue weighted by Crippen LogP contribution is 2.22. The zero-order chi connectivity index (χ0) is 10.7. The summed E-state index contributed by atoms with van der Waals surface area (Å²) >= 11 is 0. The van der Waals surface area contributed by atoms with Gasteiger partial charge in [0.25, 0.3) is 0 Å². The smallest absolute Gasteiger partial charge is 0.165 e. The number of nitrogens with one attached hydrogen (secondary N) is 1. The van der Waals surface area contributed by atoms with Crippen molar-refractivity contribution in [3.05, 3.63) is 29.6 Å². The normalized spacial score (nSPS) is 20.0. The van der Waals surface area contributed by atoms with Gasteiger partial charge < -0.3 is 14.8 Å². The molecule has 1 aliphatic heterocycles. The third-order valence-electron chi connectivity index (χ3n) is 2.50. The number of benzene rings is 1. The molecule has 1 aromatic carbocycles. The van der Waals surface area contributed by atoms with Crippen LogP contribution in [0.5, 0.6) is 5.75 Å². The van der Waals surface area contributed by atoms with E-state index >= 15 is 0 Å². The molecule has 5 heteroatoms. The van der Waals surface area contributed by atoms with E-state index in [0.29, 0.717) is 6.61 Å². The number of hydrogen-bond acceptors (Lipinski definition) is 3. The van der Waals surface area contributed by atoms with Crippen LogP contribution < -0.4 is 10.1 Å². The van der Waals surface area contributed by atoms with Gasteiger partial charge in [0.15, 0.2) is 11.6 Å². The van der Waals surface area contributed by atoms with Crippen LogP contribution in [0.3, 0.4) is 0 Å². The number of rotatable bonds is 2. The van der Waals surface area contributed by atoms with E-state index in [1.54, 1.807) is 6.07 Å². The SMILES string of the molecule is COc1ccc([C@H]2COCCN2)cc1F.Cl. The minimum Gasteiger partial charge on any atom is -0.494 e. The molecule has 1 N–H and O–H groups in total. The first-order valence-corrected chi connectivity index (χ1v) is 4.96. The fourth-order valence-electron chi connectivity index (χ4n) is 1.68. The fourth-order valence-corrected chi connectivity index (χ4v) is 1.68. The molecule has 1 aromatic rings. The van der Waals surface area contributed by atoms with Gasteiger partial charge in [0.2, 0.25) is 0 Å². The molecule has 0 aromatic heterocycles. The van der Waals surface area contributed by atoms with E-state index in [9.17, 15) is 4.39 Å². The zero-order valence-corrected chi connectivity index (χ0v) is 9.85. The highest BCUT2D eigenvalue weighted by molar-refractivity contribution is 5.85. The van der Waals surface area contributed by atoms with Crippen LogP contribution in [0.1, 0.15) is 11.6 Å². The molecule has 1 atom stereocenters. The maximum absolute atomic E-state index is 13.4. The fraction of sp³-hybridized carbons (Fsp3) is 0.455. The molecule has 0 aliphatic carbocycles. The monoisotopic (exact) mass is 247 g/mol. The summed E-state index contributed by atoms with van der Waals surface area (Å²) in [4.78, 5) is 0. The molecule has 2 rings (SSSR count). The molecule has 16 heavy (non-hydrogen) atoms. The highest BCUT2D eigenvalue weighted by Gasteiger charge is 2.16. The van der Waals surface area contributed by atoms with Crippen molar-refractivity contribution >= 4 is 12.4 Å². The van der Waals surface area contributed by atoms with Gasteiger partial charge in [0, 0.05) is 6.54 Å². The van der Waals surface area contributed by atoms with Gasteiger partial charge in [-0.1, -0.05) is 6.07 Å². The van der Waals surface area contributed by atoms with Crippen molar-refractivity contribution in [1.29, 1.82) is 0 Å². The number of halogens is 2. The highest BCUT2D eigenvalue weighted by atomic mass is 35.5. The van der Waals surface area contributed by atoms with Crippen LogP contribution in [0.2, 0.25) is 0 Å². The second-order valence-electron chi connectivity index (χ2n) is 3.48. The van der Waals surface area contributed by atoms with Gasteiger partial charge in [-0.25, -0.2) is 4.39 Å². The van der Waals surface area contributed by atoms with Crippen molar-refractivity contribution in [3.8, 4) is 5.75 Å². The van der Waals surface area contributed by atoms with E-state index in [-0.39, 0.29) is 30.0 Å². The first kappa shape index (κ1) is 13.2. The summed E-state index contributed by atoms with van der Waals surface area (Å²) in [7, 11) is 1.46. The van der Waals surface area contributed by atoms with Gasteiger partial charge in [0.05, 0.1) is 26.4 Å². The van der Waals surface area contributed by atoms with Crippen LogP contribution in [-0.4, -0.2) is 26.9 Å². The lowest BCUT2D eigenvalue weighted by Crippen LogP contribution is -2.34. The van der Waals surface area contributed by atoms with Gasteiger partial charge in [-0.3, -0.25) is 0 Å².